The minimum Gasteiger partial charge on any atom is -0.330 e. The predicted molar refractivity (Wildman–Crippen MR) is 81.2 cm³/mol. The van der Waals surface area contributed by atoms with E-state index in [-0.39, 0.29) is 24.8 Å². The van der Waals surface area contributed by atoms with Crippen molar-refractivity contribution in [2.45, 2.75) is 13.0 Å². The van der Waals surface area contributed by atoms with Crippen LogP contribution >= 0.6 is 48.0 Å². The molecule has 0 aliphatic carbocycles. The van der Waals surface area contributed by atoms with E-state index in [1.807, 2.05) is 0 Å². The molecule has 0 bridgehead atoms. The third-order valence-electron chi connectivity index (χ3n) is 3.04. The molecule has 1 fully saturated rings. The number of nitrogens with two attached hydrogens (primary N) is 1. The molecular formula is C11H17Cl4N3. The Morgan fingerprint density at radius 3 is 2.39 bits per heavy atom. The maximum Gasteiger partial charge on any atom is 0.0649 e. The van der Waals surface area contributed by atoms with E-state index in [4.69, 9.17) is 28.9 Å². The molecule has 7 heteroatoms. The van der Waals surface area contributed by atoms with Gasteiger partial charge in [0.05, 0.1) is 10.0 Å². The van der Waals surface area contributed by atoms with Gasteiger partial charge in [0.1, 0.15) is 0 Å². The van der Waals surface area contributed by atoms with Gasteiger partial charge in [-0.1, -0.05) is 23.2 Å². The molecule has 104 valence electrons. The SMILES string of the molecule is Cl.Cl.NCC1CCN(Cc2c(Cl)cncc2Cl)C1. The quantitative estimate of drug-likeness (QED) is 0.925. The second-order valence-electron chi connectivity index (χ2n) is 4.21. The third kappa shape index (κ3) is 4.41. The molecule has 0 aromatic carbocycles. The highest BCUT2D eigenvalue weighted by Crippen LogP contribution is 2.26. The van der Waals surface area contributed by atoms with Crippen LogP contribution in [0.5, 0.6) is 0 Å². The molecule has 2 rings (SSSR count). The van der Waals surface area contributed by atoms with Gasteiger partial charge in [-0.25, -0.2) is 0 Å². The van der Waals surface area contributed by atoms with Gasteiger partial charge in [0, 0.05) is 31.0 Å². The Hall–Kier alpha value is 0.230. The fraction of sp³-hybridized carbons (Fsp3) is 0.545. The molecule has 3 nitrogen and oxygen atoms in total. The Balaban J connectivity index is 0.00000144. The van der Waals surface area contributed by atoms with Crippen LogP contribution in [0.3, 0.4) is 0 Å². The molecule has 1 unspecified atom stereocenters. The normalized spacial score (nSPS) is 19.2. The number of hydrogen-bond acceptors (Lipinski definition) is 3. The van der Waals surface area contributed by atoms with Crippen molar-refractivity contribution >= 4 is 48.0 Å². The molecule has 1 saturated heterocycles. The van der Waals surface area contributed by atoms with Gasteiger partial charge in [0.2, 0.25) is 0 Å². The lowest BCUT2D eigenvalue weighted by Crippen LogP contribution is -2.23. The molecule has 1 aromatic rings. The molecule has 1 atom stereocenters. The Bertz CT molecular complexity index is 355. The number of halogens is 4. The summed E-state index contributed by atoms with van der Waals surface area (Å²) in [6.45, 7) is 3.65. The predicted octanol–water partition coefficient (Wildman–Crippen LogP) is 3.01. The first-order chi connectivity index (χ1) is 7.70. The molecule has 2 N–H and O–H groups in total. The first-order valence-electron chi connectivity index (χ1n) is 5.41. The van der Waals surface area contributed by atoms with Gasteiger partial charge in [-0.05, 0) is 25.4 Å². The van der Waals surface area contributed by atoms with Crippen LogP contribution in [0.4, 0.5) is 0 Å². The van der Waals surface area contributed by atoms with Crippen LogP contribution in [-0.2, 0) is 6.54 Å². The Morgan fingerprint density at radius 2 is 1.89 bits per heavy atom. The van der Waals surface area contributed by atoms with E-state index in [1.165, 1.54) is 0 Å². The molecule has 0 amide bonds. The smallest absolute Gasteiger partial charge is 0.0649 e. The molecule has 0 saturated carbocycles. The van der Waals surface area contributed by atoms with Crippen LogP contribution < -0.4 is 5.73 Å². The highest BCUT2D eigenvalue weighted by atomic mass is 35.5. The number of hydrogen-bond donors (Lipinski definition) is 1. The highest BCUT2D eigenvalue weighted by molar-refractivity contribution is 6.35. The van der Waals surface area contributed by atoms with Gasteiger partial charge in [0.15, 0.2) is 0 Å². The van der Waals surface area contributed by atoms with Crippen molar-refractivity contribution in [3.8, 4) is 0 Å². The molecule has 0 spiro atoms. The molecular weight excluding hydrogens is 316 g/mol. The lowest BCUT2D eigenvalue weighted by molar-refractivity contribution is 0.318. The molecule has 18 heavy (non-hydrogen) atoms. The van der Waals surface area contributed by atoms with Crippen molar-refractivity contribution in [3.05, 3.63) is 28.0 Å². The largest absolute Gasteiger partial charge is 0.330 e. The van der Waals surface area contributed by atoms with Crippen LogP contribution in [0.15, 0.2) is 12.4 Å². The van der Waals surface area contributed by atoms with Crippen molar-refractivity contribution < 1.29 is 0 Å². The van der Waals surface area contributed by atoms with E-state index in [2.05, 4.69) is 9.88 Å². The van der Waals surface area contributed by atoms with Crippen LogP contribution in [0, 0.1) is 5.92 Å². The minimum atomic E-state index is 0. The van der Waals surface area contributed by atoms with Gasteiger partial charge in [-0.2, -0.15) is 0 Å². The van der Waals surface area contributed by atoms with Crippen LogP contribution in [0.1, 0.15) is 12.0 Å². The zero-order chi connectivity index (χ0) is 11.5. The Labute approximate surface area is 130 Å². The van der Waals surface area contributed by atoms with E-state index in [0.29, 0.717) is 16.0 Å². The van der Waals surface area contributed by atoms with Crippen LogP contribution in [0.25, 0.3) is 0 Å². The average molecular weight is 333 g/mol. The molecule has 1 aliphatic rings. The van der Waals surface area contributed by atoms with E-state index in [9.17, 15) is 0 Å². The number of aromatic nitrogens is 1. The molecule has 1 aromatic heterocycles. The highest BCUT2D eigenvalue weighted by Gasteiger charge is 2.22. The van der Waals surface area contributed by atoms with E-state index in [1.54, 1.807) is 12.4 Å². The zero-order valence-corrected chi connectivity index (χ0v) is 13.0. The standard InChI is InChI=1S/C11H15Cl2N3.2ClH/c12-10-4-15-5-11(13)9(10)7-16-2-1-8(3-14)6-16;;/h4-5,8H,1-3,6-7,14H2;2*1H. The number of nitrogens with zero attached hydrogens (tertiary/aromatic N) is 2. The number of likely N-dealkylation sites (tertiary alicyclic amines) is 1. The second-order valence-corrected chi connectivity index (χ2v) is 5.02. The zero-order valence-electron chi connectivity index (χ0n) is 9.81. The lowest BCUT2D eigenvalue weighted by atomic mass is 10.1. The third-order valence-corrected chi connectivity index (χ3v) is 3.69. The summed E-state index contributed by atoms with van der Waals surface area (Å²) in [5.41, 5.74) is 6.63. The number of rotatable bonds is 3. The second kappa shape index (κ2) is 8.41. The van der Waals surface area contributed by atoms with Gasteiger partial charge < -0.3 is 5.73 Å². The molecule has 1 aliphatic heterocycles. The topological polar surface area (TPSA) is 42.1 Å². The summed E-state index contributed by atoms with van der Waals surface area (Å²) in [5.74, 6) is 0.611. The summed E-state index contributed by atoms with van der Waals surface area (Å²) < 4.78 is 0. The average Bonchev–Trinajstić information content (AvgIpc) is 2.71. The van der Waals surface area contributed by atoms with E-state index < -0.39 is 0 Å². The van der Waals surface area contributed by atoms with Crippen molar-refractivity contribution in [3.63, 3.8) is 0 Å². The summed E-state index contributed by atoms with van der Waals surface area (Å²) in [7, 11) is 0. The van der Waals surface area contributed by atoms with Crippen molar-refractivity contribution in [2.75, 3.05) is 19.6 Å². The van der Waals surface area contributed by atoms with Crippen LogP contribution in [-0.4, -0.2) is 29.5 Å². The fourth-order valence-electron chi connectivity index (χ4n) is 2.06. The fourth-order valence-corrected chi connectivity index (χ4v) is 2.55. The van der Waals surface area contributed by atoms with Gasteiger partial charge in [0.25, 0.3) is 0 Å². The first kappa shape index (κ1) is 18.2. The summed E-state index contributed by atoms with van der Waals surface area (Å²) in [5, 5.41) is 1.28. The Morgan fingerprint density at radius 1 is 1.28 bits per heavy atom. The van der Waals surface area contributed by atoms with Crippen molar-refractivity contribution in [2.24, 2.45) is 11.7 Å². The first-order valence-corrected chi connectivity index (χ1v) is 6.16. The summed E-state index contributed by atoms with van der Waals surface area (Å²) in [4.78, 5) is 6.29. The van der Waals surface area contributed by atoms with Gasteiger partial charge in [-0.15, -0.1) is 24.8 Å². The monoisotopic (exact) mass is 331 g/mol. The van der Waals surface area contributed by atoms with Gasteiger partial charge >= 0.3 is 0 Å². The van der Waals surface area contributed by atoms with E-state index in [0.717, 1.165) is 38.2 Å². The van der Waals surface area contributed by atoms with Crippen molar-refractivity contribution in [1.29, 1.82) is 0 Å². The summed E-state index contributed by atoms with van der Waals surface area (Å²) >= 11 is 12.2. The number of pyridine rings is 1. The lowest BCUT2D eigenvalue weighted by Gasteiger charge is -2.17. The molecule has 2 heterocycles. The molecule has 0 radical (unpaired) electrons. The maximum absolute atomic E-state index is 6.08. The van der Waals surface area contributed by atoms with Gasteiger partial charge in [-0.3, -0.25) is 9.88 Å². The van der Waals surface area contributed by atoms with E-state index >= 15 is 0 Å². The van der Waals surface area contributed by atoms with Crippen molar-refractivity contribution in [1.82, 2.24) is 9.88 Å². The Kier molecular flexibility index (Phi) is 8.52. The summed E-state index contributed by atoms with van der Waals surface area (Å²) in [6, 6.07) is 0. The van der Waals surface area contributed by atoms with Crippen LogP contribution in [0.2, 0.25) is 10.0 Å². The summed E-state index contributed by atoms with van der Waals surface area (Å²) in [6.07, 6.45) is 4.44. The minimum absolute atomic E-state index is 0. The maximum atomic E-state index is 6.08.